The summed E-state index contributed by atoms with van der Waals surface area (Å²) in [4.78, 5) is 16.3. The van der Waals surface area contributed by atoms with Crippen molar-refractivity contribution in [2.24, 2.45) is 5.16 Å². The lowest BCUT2D eigenvalue weighted by atomic mass is 9.86. The van der Waals surface area contributed by atoms with Crippen molar-refractivity contribution in [1.29, 1.82) is 0 Å². The number of nitrogens with zero attached hydrogens (tertiary/aromatic N) is 3. The fourth-order valence-corrected chi connectivity index (χ4v) is 4.21. The maximum atomic E-state index is 14.1. The van der Waals surface area contributed by atoms with E-state index in [0.29, 0.717) is 0 Å². The number of carboxylic acid groups (broad SMARTS) is 1. The van der Waals surface area contributed by atoms with Crippen LogP contribution < -0.4 is 0 Å². The molecule has 29 heavy (non-hydrogen) atoms. The first-order valence-corrected chi connectivity index (χ1v) is 9.38. The van der Waals surface area contributed by atoms with Gasteiger partial charge < -0.3 is 9.94 Å². The molecule has 150 valence electrons. The highest BCUT2D eigenvalue weighted by atomic mass is 35.5. The smallest absolute Gasteiger partial charge is 0.435 e. The second-order valence-electron chi connectivity index (χ2n) is 6.22. The molecule has 4 rings (SSSR count). The highest BCUT2D eigenvalue weighted by molar-refractivity contribution is 7.00. The second-order valence-corrected chi connectivity index (χ2v) is 7.62. The lowest BCUT2D eigenvalue weighted by Crippen LogP contribution is -2.42. The fraction of sp³-hybridized carbons (Fsp3) is 0.176. The van der Waals surface area contributed by atoms with Crippen molar-refractivity contribution in [1.82, 2.24) is 8.75 Å². The molecule has 0 spiro atoms. The van der Waals surface area contributed by atoms with E-state index < -0.39 is 24.2 Å². The van der Waals surface area contributed by atoms with Gasteiger partial charge in [0.2, 0.25) is 0 Å². The quantitative estimate of drug-likeness (QED) is 0.573. The van der Waals surface area contributed by atoms with Crippen LogP contribution in [0.25, 0.3) is 11.0 Å². The zero-order valence-corrected chi connectivity index (χ0v) is 16.3. The normalized spacial score (nSPS) is 19.3. The van der Waals surface area contributed by atoms with E-state index in [1.807, 2.05) is 0 Å². The van der Waals surface area contributed by atoms with E-state index in [0.717, 1.165) is 23.9 Å². The Balaban J connectivity index is 1.82. The molecule has 0 bridgehead atoms. The van der Waals surface area contributed by atoms with Gasteiger partial charge in [0.25, 0.3) is 5.60 Å². The number of aromatic carboxylic acids is 1. The SMILES string of the molecule is O=C(O)c1ccc(C2=NOC(c3cc(Cl)cc(Cl)c3)(C(F)(F)F)C2)c2nsnc12. The van der Waals surface area contributed by atoms with Crippen LogP contribution in [0.15, 0.2) is 35.5 Å². The zero-order chi connectivity index (χ0) is 21.0. The Bertz CT molecular complexity index is 1160. The molecule has 1 atom stereocenters. The van der Waals surface area contributed by atoms with Crippen molar-refractivity contribution in [3.05, 3.63) is 57.1 Å². The van der Waals surface area contributed by atoms with Crippen molar-refractivity contribution < 1.29 is 27.9 Å². The van der Waals surface area contributed by atoms with Crippen LogP contribution in [-0.4, -0.2) is 31.7 Å². The van der Waals surface area contributed by atoms with E-state index in [2.05, 4.69) is 13.9 Å². The molecule has 12 heteroatoms. The average Bonchev–Trinajstić information content (AvgIpc) is 3.27. The van der Waals surface area contributed by atoms with Gasteiger partial charge in [-0.3, -0.25) is 0 Å². The topological polar surface area (TPSA) is 84.7 Å². The molecule has 6 nitrogen and oxygen atoms in total. The highest BCUT2D eigenvalue weighted by Gasteiger charge is 2.62. The molecule has 1 aliphatic rings. The van der Waals surface area contributed by atoms with Crippen LogP contribution in [0.5, 0.6) is 0 Å². The summed E-state index contributed by atoms with van der Waals surface area (Å²) in [5, 5.41) is 13.0. The number of benzene rings is 2. The first kappa shape index (κ1) is 19.9. The van der Waals surface area contributed by atoms with Gasteiger partial charge in [-0.15, -0.1) is 0 Å². The molecule has 2 heterocycles. The number of rotatable bonds is 3. The van der Waals surface area contributed by atoms with Crippen LogP contribution in [0, 0.1) is 0 Å². The second kappa shape index (κ2) is 6.82. The van der Waals surface area contributed by atoms with Gasteiger partial charge in [-0.25, -0.2) is 4.79 Å². The van der Waals surface area contributed by atoms with Gasteiger partial charge >= 0.3 is 12.1 Å². The van der Waals surface area contributed by atoms with E-state index >= 15 is 0 Å². The molecule has 0 aliphatic carbocycles. The lowest BCUT2D eigenvalue weighted by Gasteiger charge is -2.29. The van der Waals surface area contributed by atoms with Crippen LogP contribution in [0.4, 0.5) is 13.2 Å². The van der Waals surface area contributed by atoms with Crippen LogP contribution >= 0.6 is 34.9 Å². The zero-order valence-electron chi connectivity index (χ0n) is 14.0. The van der Waals surface area contributed by atoms with Crippen LogP contribution in [0.3, 0.4) is 0 Å². The Morgan fingerprint density at radius 2 is 1.79 bits per heavy atom. The Morgan fingerprint density at radius 1 is 1.14 bits per heavy atom. The Morgan fingerprint density at radius 3 is 2.41 bits per heavy atom. The standard InChI is InChI=1S/C17H8Cl2F3N3O3S/c18-8-3-7(4-9(19)5-8)16(17(20,21)22)6-12(23-28-16)10-1-2-11(15(26)27)14-13(10)24-29-25-14/h1-5H,6H2,(H,26,27). The molecular weight excluding hydrogens is 454 g/mol. The summed E-state index contributed by atoms with van der Waals surface area (Å²) in [5.74, 6) is -1.22. The number of hydrogen-bond acceptors (Lipinski definition) is 6. The number of carboxylic acids is 1. The summed E-state index contributed by atoms with van der Waals surface area (Å²) in [6.07, 6.45) is -5.51. The number of fused-ring (bicyclic) bond motifs is 1. The van der Waals surface area contributed by atoms with Gasteiger partial charge in [0.05, 0.1) is 29.4 Å². The number of alkyl halides is 3. The maximum absolute atomic E-state index is 14.1. The van der Waals surface area contributed by atoms with Gasteiger partial charge in [0.1, 0.15) is 11.0 Å². The Labute approximate surface area is 174 Å². The third kappa shape index (κ3) is 3.21. The molecule has 0 fully saturated rings. The monoisotopic (exact) mass is 461 g/mol. The molecule has 1 unspecified atom stereocenters. The first-order valence-electron chi connectivity index (χ1n) is 7.90. The van der Waals surface area contributed by atoms with E-state index in [1.54, 1.807) is 0 Å². The van der Waals surface area contributed by atoms with Crippen molar-refractivity contribution in [2.75, 3.05) is 0 Å². The third-order valence-corrected chi connectivity index (χ3v) is 5.44. The molecule has 1 aliphatic heterocycles. The van der Waals surface area contributed by atoms with Crippen molar-refractivity contribution >= 4 is 57.6 Å². The summed E-state index contributed by atoms with van der Waals surface area (Å²) in [6, 6.07) is 6.13. The van der Waals surface area contributed by atoms with Gasteiger partial charge in [-0.05, 0) is 30.3 Å². The number of hydrogen-bond donors (Lipinski definition) is 1. The Kier molecular flexibility index (Phi) is 4.67. The molecule has 1 aromatic heterocycles. The van der Waals surface area contributed by atoms with Crippen LogP contribution in [0.2, 0.25) is 10.0 Å². The average molecular weight is 462 g/mol. The number of halogens is 5. The van der Waals surface area contributed by atoms with E-state index in [-0.39, 0.29) is 43.5 Å². The van der Waals surface area contributed by atoms with Crippen LogP contribution in [0.1, 0.15) is 27.9 Å². The number of aromatic nitrogens is 2. The molecular formula is C17H8Cl2F3N3O3S. The minimum Gasteiger partial charge on any atom is -0.478 e. The lowest BCUT2D eigenvalue weighted by molar-refractivity contribution is -0.275. The minimum atomic E-state index is -4.84. The fourth-order valence-electron chi connectivity index (χ4n) is 3.11. The van der Waals surface area contributed by atoms with Crippen molar-refractivity contribution in [3.8, 4) is 0 Å². The van der Waals surface area contributed by atoms with Crippen LogP contribution in [-0.2, 0) is 10.4 Å². The molecule has 1 N–H and O–H groups in total. The summed E-state index contributed by atoms with van der Waals surface area (Å²) >= 11 is 12.5. The van der Waals surface area contributed by atoms with E-state index in [1.165, 1.54) is 18.2 Å². The van der Waals surface area contributed by atoms with Crippen molar-refractivity contribution in [3.63, 3.8) is 0 Å². The van der Waals surface area contributed by atoms with Gasteiger partial charge in [0.15, 0.2) is 0 Å². The summed E-state index contributed by atoms with van der Waals surface area (Å²) in [5.41, 5.74) is -2.84. The summed E-state index contributed by atoms with van der Waals surface area (Å²) < 4.78 is 50.2. The van der Waals surface area contributed by atoms with Gasteiger partial charge in [-0.1, -0.05) is 28.4 Å². The van der Waals surface area contributed by atoms with E-state index in [9.17, 15) is 23.1 Å². The van der Waals surface area contributed by atoms with Gasteiger partial charge in [0, 0.05) is 21.2 Å². The third-order valence-electron chi connectivity index (χ3n) is 4.47. The maximum Gasteiger partial charge on any atom is 0.435 e. The van der Waals surface area contributed by atoms with Gasteiger partial charge in [-0.2, -0.15) is 21.9 Å². The number of carbonyl (C=O) groups is 1. The number of oxime groups is 1. The minimum absolute atomic E-state index is 0.0186. The molecule has 3 aromatic rings. The van der Waals surface area contributed by atoms with Crippen molar-refractivity contribution in [2.45, 2.75) is 18.2 Å². The highest BCUT2D eigenvalue weighted by Crippen LogP contribution is 2.50. The molecule has 2 aromatic carbocycles. The molecule has 0 radical (unpaired) electrons. The predicted octanol–water partition coefficient (Wildman–Crippen LogP) is 5.28. The largest absolute Gasteiger partial charge is 0.478 e. The molecule has 0 saturated carbocycles. The first-order chi connectivity index (χ1) is 13.6. The summed E-state index contributed by atoms with van der Waals surface area (Å²) in [6.45, 7) is 0. The van der Waals surface area contributed by atoms with E-state index in [4.69, 9.17) is 28.0 Å². The molecule has 0 amide bonds. The molecule has 0 saturated heterocycles. The Hall–Kier alpha value is -2.43. The summed E-state index contributed by atoms with van der Waals surface area (Å²) in [7, 11) is 0. The predicted molar refractivity (Wildman–Crippen MR) is 101 cm³/mol.